The SMILES string of the molecule is CCC1CCCC1N=O. The third-order valence-corrected chi connectivity index (χ3v) is 2.28. The lowest BCUT2D eigenvalue weighted by molar-refractivity contribution is 0.466. The molecule has 1 rings (SSSR count). The first-order chi connectivity index (χ1) is 4.38. The zero-order chi connectivity index (χ0) is 6.69. The van der Waals surface area contributed by atoms with Crippen LogP contribution < -0.4 is 0 Å². The topological polar surface area (TPSA) is 29.4 Å². The lowest BCUT2D eigenvalue weighted by Gasteiger charge is -2.07. The highest BCUT2D eigenvalue weighted by Crippen LogP contribution is 2.30. The normalized spacial score (nSPS) is 34.8. The highest BCUT2D eigenvalue weighted by Gasteiger charge is 2.25. The Morgan fingerprint density at radius 2 is 2.33 bits per heavy atom. The molecular formula is C7H13NO. The van der Waals surface area contributed by atoms with E-state index in [2.05, 4.69) is 12.1 Å². The minimum Gasteiger partial charge on any atom is -0.151 e. The molecule has 1 aliphatic carbocycles. The Morgan fingerprint density at radius 1 is 1.56 bits per heavy atom. The Balaban J connectivity index is 2.41. The van der Waals surface area contributed by atoms with E-state index in [1.54, 1.807) is 0 Å². The Morgan fingerprint density at radius 3 is 2.78 bits per heavy atom. The molecule has 0 N–H and O–H groups in total. The summed E-state index contributed by atoms with van der Waals surface area (Å²) in [7, 11) is 0. The predicted octanol–water partition coefficient (Wildman–Crippen LogP) is 2.33. The van der Waals surface area contributed by atoms with Crippen LogP contribution in [0.25, 0.3) is 0 Å². The molecule has 0 aromatic rings. The van der Waals surface area contributed by atoms with Gasteiger partial charge in [0.25, 0.3) is 0 Å². The van der Waals surface area contributed by atoms with E-state index >= 15 is 0 Å². The molecule has 1 aliphatic rings. The second-order valence-corrected chi connectivity index (χ2v) is 2.77. The van der Waals surface area contributed by atoms with Crippen LogP contribution in [0.2, 0.25) is 0 Å². The van der Waals surface area contributed by atoms with Crippen molar-refractivity contribution in [1.29, 1.82) is 0 Å². The van der Waals surface area contributed by atoms with Crippen molar-refractivity contribution in [3.63, 3.8) is 0 Å². The van der Waals surface area contributed by atoms with Gasteiger partial charge in [-0.3, -0.25) is 0 Å². The van der Waals surface area contributed by atoms with Crippen molar-refractivity contribution in [3.05, 3.63) is 4.91 Å². The lowest BCUT2D eigenvalue weighted by Crippen LogP contribution is -2.08. The maximum absolute atomic E-state index is 10.1. The summed E-state index contributed by atoms with van der Waals surface area (Å²) in [4.78, 5) is 10.1. The fourth-order valence-electron chi connectivity index (χ4n) is 1.63. The van der Waals surface area contributed by atoms with Gasteiger partial charge in [-0.25, -0.2) is 0 Å². The van der Waals surface area contributed by atoms with Crippen molar-refractivity contribution < 1.29 is 0 Å². The van der Waals surface area contributed by atoms with Crippen molar-refractivity contribution in [2.24, 2.45) is 11.1 Å². The van der Waals surface area contributed by atoms with Gasteiger partial charge in [-0.1, -0.05) is 24.9 Å². The van der Waals surface area contributed by atoms with E-state index in [4.69, 9.17) is 0 Å². The van der Waals surface area contributed by atoms with Gasteiger partial charge < -0.3 is 0 Å². The molecule has 0 aromatic heterocycles. The van der Waals surface area contributed by atoms with Crippen LogP contribution in [0.1, 0.15) is 32.6 Å². The van der Waals surface area contributed by atoms with E-state index in [0.29, 0.717) is 5.92 Å². The molecule has 1 saturated carbocycles. The van der Waals surface area contributed by atoms with Gasteiger partial charge >= 0.3 is 0 Å². The third-order valence-electron chi connectivity index (χ3n) is 2.28. The van der Waals surface area contributed by atoms with Gasteiger partial charge in [-0.2, -0.15) is 4.91 Å². The van der Waals surface area contributed by atoms with Crippen LogP contribution >= 0.6 is 0 Å². The van der Waals surface area contributed by atoms with Gasteiger partial charge in [0, 0.05) is 0 Å². The monoisotopic (exact) mass is 127 g/mol. The van der Waals surface area contributed by atoms with E-state index in [0.717, 1.165) is 12.8 Å². The van der Waals surface area contributed by atoms with Gasteiger partial charge in [0.05, 0.1) is 6.04 Å². The Kier molecular flexibility index (Phi) is 2.20. The van der Waals surface area contributed by atoms with Gasteiger partial charge in [0.2, 0.25) is 0 Å². The van der Waals surface area contributed by atoms with Crippen LogP contribution in [0.3, 0.4) is 0 Å². The van der Waals surface area contributed by atoms with Crippen molar-refractivity contribution in [2.45, 2.75) is 38.6 Å². The summed E-state index contributed by atoms with van der Waals surface area (Å²) in [6.07, 6.45) is 4.57. The van der Waals surface area contributed by atoms with Crippen LogP contribution in [-0.4, -0.2) is 6.04 Å². The minimum absolute atomic E-state index is 0.148. The summed E-state index contributed by atoms with van der Waals surface area (Å²) in [6, 6.07) is 0.148. The summed E-state index contributed by atoms with van der Waals surface area (Å²) in [5.74, 6) is 0.600. The molecule has 52 valence electrons. The number of rotatable bonds is 2. The van der Waals surface area contributed by atoms with Crippen molar-refractivity contribution in [2.75, 3.05) is 0 Å². The second-order valence-electron chi connectivity index (χ2n) is 2.77. The smallest absolute Gasteiger partial charge is 0.0947 e. The van der Waals surface area contributed by atoms with Crippen LogP contribution in [0.4, 0.5) is 0 Å². The molecule has 0 amide bonds. The zero-order valence-electron chi connectivity index (χ0n) is 5.84. The number of hydrogen-bond donors (Lipinski definition) is 0. The molecule has 0 heterocycles. The lowest BCUT2D eigenvalue weighted by atomic mass is 10.0. The molecule has 1 fully saturated rings. The first kappa shape index (κ1) is 6.72. The molecule has 0 spiro atoms. The average molecular weight is 127 g/mol. The summed E-state index contributed by atoms with van der Waals surface area (Å²) >= 11 is 0. The molecule has 0 bridgehead atoms. The minimum atomic E-state index is 0.148. The fraction of sp³-hybridized carbons (Fsp3) is 1.00. The first-order valence-corrected chi connectivity index (χ1v) is 3.71. The zero-order valence-corrected chi connectivity index (χ0v) is 5.84. The van der Waals surface area contributed by atoms with Gasteiger partial charge in [-0.05, 0) is 18.8 Å². The summed E-state index contributed by atoms with van der Waals surface area (Å²) in [5.41, 5.74) is 0. The molecule has 0 saturated heterocycles. The standard InChI is InChI=1S/C7H13NO/c1-2-6-4-3-5-7(6)8-9/h6-7H,2-5H2,1H3. The van der Waals surface area contributed by atoms with E-state index in [-0.39, 0.29) is 6.04 Å². The Labute approximate surface area is 55.6 Å². The highest BCUT2D eigenvalue weighted by molar-refractivity contribution is 4.81. The molecule has 9 heavy (non-hydrogen) atoms. The van der Waals surface area contributed by atoms with Gasteiger partial charge in [-0.15, -0.1) is 0 Å². The van der Waals surface area contributed by atoms with Gasteiger partial charge in [0.1, 0.15) is 0 Å². The van der Waals surface area contributed by atoms with Crippen molar-refractivity contribution >= 4 is 0 Å². The molecule has 0 aliphatic heterocycles. The molecule has 0 radical (unpaired) electrons. The maximum Gasteiger partial charge on any atom is 0.0947 e. The van der Waals surface area contributed by atoms with E-state index in [9.17, 15) is 4.91 Å². The Bertz CT molecular complexity index is 103. The van der Waals surface area contributed by atoms with Gasteiger partial charge in [0.15, 0.2) is 0 Å². The first-order valence-electron chi connectivity index (χ1n) is 3.71. The molecule has 2 atom stereocenters. The van der Waals surface area contributed by atoms with Crippen LogP contribution in [0, 0.1) is 10.8 Å². The third kappa shape index (κ3) is 1.29. The largest absolute Gasteiger partial charge is 0.151 e. The van der Waals surface area contributed by atoms with E-state index < -0.39 is 0 Å². The van der Waals surface area contributed by atoms with E-state index in [1.807, 2.05) is 0 Å². The number of nitroso groups, excluding NO2 is 1. The molecule has 2 unspecified atom stereocenters. The molecule has 0 aromatic carbocycles. The number of nitrogens with zero attached hydrogens (tertiary/aromatic N) is 1. The Hall–Kier alpha value is -0.400. The van der Waals surface area contributed by atoms with Crippen LogP contribution in [0.15, 0.2) is 5.18 Å². The highest BCUT2D eigenvalue weighted by atomic mass is 16.3. The maximum atomic E-state index is 10.1. The summed E-state index contributed by atoms with van der Waals surface area (Å²) in [5, 5.41) is 3.09. The van der Waals surface area contributed by atoms with E-state index in [1.165, 1.54) is 12.8 Å². The summed E-state index contributed by atoms with van der Waals surface area (Å²) < 4.78 is 0. The average Bonchev–Trinajstić information content (AvgIpc) is 2.33. The fourth-order valence-corrected chi connectivity index (χ4v) is 1.63. The molecular weight excluding hydrogens is 114 g/mol. The summed E-state index contributed by atoms with van der Waals surface area (Å²) in [6.45, 7) is 2.13. The molecule has 2 heteroatoms. The number of hydrogen-bond acceptors (Lipinski definition) is 2. The quantitative estimate of drug-likeness (QED) is 0.523. The van der Waals surface area contributed by atoms with Crippen molar-refractivity contribution in [1.82, 2.24) is 0 Å². The van der Waals surface area contributed by atoms with Crippen LogP contribution in [0.5, 0.6) is 0 Å². The predicted molar refractivity (Wildman–Crippen MR) is 37.2 cm³/mol. The van der Waals surface area contributed by atoms with Crippen LogP contribution in [-0.2, 0) is 0 Å². The molecule has 2 nitrogen and oxygen atoms in total. The second kappa shape index (κ2) is 2.95. The van der Waals surface area contributed by atoms with Crippen molar-refractivity contribution in [3.8, 4) is 0 Å².